The summed E-state index contributed by atoms with van der Waals surface area (Å²) in [5.41, 5.74) is 2.79. The van der Waals surface area contributed by atoms with Gasteiger partial charge in [0.1, 0.15) is 11.6 Å². The summed E-state index contributed by atoms with van der Waals surface area (Å²) in [5, 5.41) is 22.8. The largest absolute Gasteiger partial charge is 0.467 e. The Kier molecular flexibility index (Phi) is 9.30. The van der Waals surface area contributed by atoms with Crippen molar-refractivity contribution >= 4 is 34.3 Å². The van der Waals surface area contributed by atoms with E-state index in [0.717, 1.165) is 10.9 Å². The van der Waals surface area contributed by atoms with E-state index in [2.05, 4.69) is 20.8 Å². The Bertz CT molecular complexity index is 1570. The highest BCUT2D eigenvalue weighted by molar-refractivity contribution is 6.06. The monoisotopic (exact) mass is 561 g/mol. The van der Waals surface area contributed by atoms with Gasteiger partial charge in [0.05, 0.1) is 43.6 Å². The Morgan fingerprint density at radius 3 is 2.61 bits per heavy atom. The number of hydrogen-bond donors (Lipinski definition) is 4. The number of aliphatic hydroxyl groups is 1. The smallest absolute Gasteiger partial charge is 0.253 e. The SMILES string of the molecule is CC(=O)NC(C(C(=O)Nc1ccc2[nH]ncc2c1)=C(C)C)c1ccc(F)c(CC(=O)N(CCO)Cc2ccco2)c1. The second-order valence-corrected chi connectivity index (χ2v) is 9.82. The molecule has 2 heterocycles. The molecule has 0 fully saturated rings. The van der Waals surface area contributed by atoms with E-state index in [1.165, 1.54) is 36.3 Å². The number of hydrogen-bond acceptors (Lipinski definition) is 6. The molecule has 4 aromatic rings. The number of carbonyl (C=O) groups excluding carboxylic acids is 3. The molecule has 0 aliphatic carbocycles. The van der Waals surface area contributed by atoms with Crippen molar-refractivity contribution in [1.82, 2.24) is 20.4 Å². The summed E-state index contributed by atoms with van der Waals surface area (Å²) in [6.07, 6.45) is 2.83. The summed E-state index contributed by atoms with van der Waals surface area (Å²) < 4.78 is 20.3. The number of aromatic amines is 1. The van der Waals surface area contributed by atoms with Gasteiger partial charge in [0.15, 0.2) is 0 Å². The number of rotatable bonds is 11. The second kappa shape index (κ2) is 13.1. The summed E-state index contributed by atoms with van der Waals surface area (Å²) in [4.78, 5) is 40.3. The van der Waals surface area contributed by atoms with Crippen molar-refractivity contribution in [3.05, 3.63) is 94.8 Å². The van der Waals surface area contributed by atoms with Crippen molar-refractivity contribution in [3.63, 3.8) is 0 Å². The Hall–Kier alpha value is -4.77. The first kappa shape index (κ1) is 29.2. The minimum Gasteiger partial charge on any atom is -0.467 e. The number of carbonyl (C=O) groups is 3. The maximum Gasteiger partial charge on any atom is 0.253 e. The standard InChI is InChI=1S/C30H32FN5O5/c1-18(2)28(30(40)34-23-7-9-26-22(14-23)16-32-35-26)29(33-19(3)38)20-6-8-25(31)21(13-20)15-27(39)36(10-11-37)17-24-5-4-12-41-24/h4-9,12-14,16,29,37H,10-11,15,17H2,1-3H3,(H,32,35)(H,33,38)(H,34,40). The molecule has 0 aliphatic heterocycles. The van der Waals surface area contributed by atoms with Crippen molar-refractivity contribution in [2.45, 2.75) is 39.8 Å². The van der Waals surface area contributed by atoms with E-state index in [1.54, 1.807) is 50.4 Å². The number of halogens is 1. The molecule has 0 saturated heterocycles. The maximum atomic E-state index is 15.0. The Labute approximate surface area is 236 Å². The molecule has 0 radical (unpaired) electrons. The molecular weight excluding hydrogens is 529 g/mol. The van der Waals surface area contributed by atoms with Crippen molar-refractivity contribution in [3.8, 4) is 0 Å². The number of allylic oxidation sites excluding steroid dienone is 1. The zero-order chi connectivity index (χ0) is 29.5. The number of nitrogens with one attached hydrogen (secondary N) is 3. The van der Waals surface area contributed by atoms with Crippen LogP contribution in [0.2, 0.25) is 0 Å². The normalized spacial score (nSPS) is 11.6. The van der Waals surface area contributed by atoms with E-state index >= 15 is 0 Å². The summed E-state index contributed by atoms with van der Waals surface area (Å²) in [6, 6.07) is 11.9. The molecule has 1 atom stereocenters. The van der Waals surface area contributed by atoms with E-state index in [1.807, 2.05) is 0 Å². The van der Waals surface area contributed by atoms with Crippen LogP contribution in [0.15, 0.2) is 76.6 Å². The second-order valence-electron chi connectivity index (χ2n) is 9.82. The van der Waals surface area contributed by atoms with Crippen molar-refractivity contribution in [2.75, 3.05) is 18.5 Å². The number of furan rings is 1. The first-order chi connectivity index (χ1) is 19.7. The van der Waals surface area contributed by atoms with Crippen LogP contribution >= 0.6 is 0 Å². The summed E-state index contributed by atoms with van der Waals surface area (Å²) >= 11 is 0. The first-order valence-corrected chi connectivity index (χ1v) is 13.0. The third-order valence-electron chi connectivity index (χ3n) is 6.51. The predicted molar refractivity (Wildman–Crippen MR) is 151 cm³/mol. The summed E-state index contributed by atoms with van der Waals surface area (Å²) in [5.74, 6) is -1.34. The molecule has 2 aromatic carbocycles. The number of aromatic nitrogens is 2. The van der Waals surface area contributed by atoms with Crippen LogP contribution in [0.4, 0.5) is 10.1 Å². The molecular formula is C30H32FN5O5. The fourth-order valence-corrected chi connectivity index (χ4v) is 4.58. The van der Waals surface area contributed by atoms with Crippen molar-refractivity contribution in [1.29, 1.82) is 0 Å². The van der Waals surface area contributed by atoms with Gasteiger partial charge in [-0.1, -0.05) is 11.6 Å². The third-order valence-corrected chi connectivity index (χ3v) is 6.51. The molecule has 0 aliphatic rings. The van der Waals surface area contributed by atoms with Gasteiger partial charge in [0.2, 0.25) is 11.8 Å². The van der Waals surface area contributed by atoms with Crippen LogP contribution in [0, 0.1) is 5.82 Å². The van der Waals surface area contributed by atoms with Gasteiger partial charge < -0.3 is 25.1 Å². The fraction of sp³-hybridized carbons (Fsp3) is 0.267. The van der Waals surface area contributed by atoms with Gasteiger partial charge in [-0.05, 0) is 67.4 Å². The lowest BCUT2D eigenvalue weighted by Gasteiger charge is -2.24. The van der Waals surface area contributed by atoms with Crippen LogP contribution in [0.1, 0.15) is 43.7 Å². The lowest BCUT2D eigenvalue weighted by molar-refractivity contribution is -0.132. The van der Waals surface area contributed by atoms with E-state index in [9.17, 15) is 23.9 Å². The van der Waals surface area contributed by atoms with Crippen LogP contribution in [0.3, 0.4) is 0 Å². The predicted octanol–water partition coefficient (Wildman–Crippen LogP) is 4.01. The Morgan fingerprint density at radius 2 is 1.93 bits per heavy atom. The van der Waals surface area contributed by atoms with Crippen LogP contribution < -0.4 is 10.6 Å². The van der Waals surface area contributed by atoms with Gasteiger partial charge in [-0.3, -0.25) is 19.5 Å². The quantitative estimate of drug-likeness (QED) is 0.204. The maximum absolute atomic E-state index is 15.0. The number of fused-ring (bicyclic) bond motifs is 1. The highest BCUT2D eigenvalue weighted by atomic mass is 19.1. The number of aliphatic hydroxyl groups excluding tert-OH is 1. The molecule has 11 heteroatoms. The van der Waals surface area contributed by atoms with Crippen molar-refractivity contribution < 1.29 is 28.3 Å². The molecule has 41 heavy (non-hydrogen) atoms. The molecule has 2 aromatic heterocycles. The van der Waals surface area contributed by atoms with E-state index < -0.39 is 29.6 Å². The number of benzene rings is 2. The minimum atomic E-state index is -0.915. The molecule has 10 nitrogen and oxygen atoms in total. The van der Waals surface area contributed by atoms with E-state index in [-0.39, 0.29) is 37.3 Å². The first-order valence-electron chi connectivity index (χ1n) is 13.0. The number of anilines is 1. The zero-order valence-corrected chi connectivity index (χ0v) is 23.0. The Morgan fingerprint density at radius 1 is 1.12 bits per heavy atom. The lowest BCUT2D eigenvalue weighted by atomic mass is 9.92. The molecule has 1 unspecified atom stereocenters. The molecule has 214 valence electrons. The number of nitrogens with zero attached hydrogens (tertiary/aromatic N) is 2. The fourth-order valence-electron chi connectivity index (χ4n) is 4.58. The lowest BCUT2D eigenvalue weighted by Crippen LogP contribution is -2.34. The molecule has 3 amide bonds. The number of amides is 3. The number of H-pyrrole nitrogens is 1. The average Bonchev–Trinajstić information content (AvgIpc) is 3.60. The van der Waals surface area contributed by atoms with Gasteiger partial charge in [-0.15, -0.1) is 0 Å². The van der Waals surface area contributed by atoms with Gasteiger partial charge in [-0.25, -0.2) is 4.39 Å². The molecule has 4 N–H and O–H groups in total. The van der Waals surface area contributed by atoms with Crippen LogP contribution in [-0.2, 0) is 27.3 Å². The topological polar surface area (TPSA) is 141 Å². The summed E-state index contributed by atoms with van der Waals surface area (Å²) in [7, 11) is 0. The van der Waals surface area contributed by atoms with Crippen molar-refractivity contribution in [2.24, 2.45) is 0 Å². The molecule has 4 rings (SSSR count). The average molecular weight is 562 g/mol. The van der Waals surface area contributed by atoms with E-state index in [4.69, 9.17) is 4.42 Å². The van der Waals surface area contributed by atoms with Gasteiger partial charge in [-0.2, -0.15) is 5.10 Å². The third kappa shape index (κ3) is 7.25. The molecule has 0 saturated carbocycles. The van der Waals surface area contributed by atoms with Gasteiger partial charge in [0, 0.05) is 30.1 Å². The minimum absolute atomic E-state index is 0.0437. The molecule has 0 spiro atoms. The van der Waals surface area contributed by atoms with Crippen LogP contribution in [-0.4, -0.2) is 51.1 Å². The highest BCUT2D eigenvalue weighted by Gasteiger charge is 2.27. The van der Waals surface area contributed by atoms with Crippen LogP contribution in [0.25, 0.3) is 10.9 Å². The zero-order valence-electron chi connectivity index (χ0n) is 23.0. The highest BCUT2D eigenvalue weighted by Crippen LogP contribution is 2.29. The van der Waals surface area contributed by atoms with E-state index in [0.29, 0.717) is 22.6 Å². The summed E-state index contributed by atoms with van der Waals surface area (Å²) in [6.45, 7) is 4.72. The van der Waals surface area contributed by atoms with Gasteiger partial charge in [0.25, 0.3) is 5.91 Å². The molecule has 0 bridgehead atoms. The Balaban J connectivity index is 1.62. The van der Waals surface area contributed by atoms with Crippen LogP contribution in [0.5, 0.6) is 0 Å². The van der Waals surface area contributed by atoms with Gasteiger partial charge >= 0.3 is 0 Å².